The largest absolute Gasteiger partial charge is 0.248 e. The minimum Gasteiger partial charge on any atom is -0.248 e. The van der Waals surface area contributed by atoms with Crippen molar-refractivity contribution >= 4 is 43.6 Å². The molecule has 0 bridgehead atoms. The summed E-state index contributed by atoms with van der Waals surface area (Å²) < 4.78 is 4.13. The van der Waals surface area contributed by atoms with E-state index in [2.05, 4.69) is 20.6 Å². The van der Waals surface area contributed by atoms with Crippen molar-refractivity contribution in [3.63, 3.8) is 0 Å². The average molecular weight is 225 g/mol. The summed E-state index contributed by atoms with van der Waals surface area (Å²) >= 11 is 1.56. The fraction of sp³-hybridized carbons (Fsp3) is 0. The van der Waals surface area contributed by atoms with E-state index < -0.39 is 0 Å². The third-order valence-electron chi connectivity index (χ3n) is 2.84. The Morgan fingerprint density at radius 2 is 1.81 bits per heavy atom. The van der Waals surface area contributed by atoms with E-state index in [9.17, 15) is 0 Å². The third kappa shape index (κ3) is 0.919. The average Bonchev–Trinajstić information content (AvgIpc) is 2.91. The molecule has 4 rings (SSSR count). The third-order valence-corrected chi connectivity index (χ3v) is 3.64. The van der Waals surface area contributed by atoms with E-state index in [4.69, 9.17) is 0 Å². The second-order valence-electron chi connectivity index (χ2n) is 3.74. The molecular formula is C12H7N3S. The first-order valence-corrected chi connectivity index (χ1v) is 5.86. The molecule has 76 valence electrons. The highest BCUT2D eigenvalue weighted by atomic mass is 32.1. The van der Waals surface area contributed by atoms with Gasteiger partial charge >= 0.3 is 0 Å². The van der Waals surface area contributed by atoms with Crippen LogP contribution in [0.25, 0.3) is 32.0 Å². The van der Waals surface area contributed by atoms with E-state index >= 15 is 0 Å². The lowest BCUT2D eigenvalue weighted by Crippen LogP contribution is -1.70. The molecule has 1 N–H and O–H groups in total. The molecule has 2 aromatic carbocycles. The predicted molar refractivity (Wildman–Crippen MR) is 66.8 cm³/mol. The Bertz CT molecular complexity index is 813. The fourth-order valence-electron chi connectivity index (χ4n) is 2.14. The number of para-hydroxylation sites is 1. The maximum absolute atomic E-state index is 4.61. The molecule has 0 saturated heterocycles. The second-order valence-corrected chi connectivity index (χ2v) is 4.54. The highest BCUT2D eigenvalue weighted by molar-refractivity contribution is 7.14. The van der Waals surface area contributed by atoms with Gasteiger partial charge < -0.3 is 0 Å². The van der Waals surface area contributed by atoms with Crippen molar-refractivity contribution in [2.75, 3.05) is 0 Å². The van der Waals surface area contributed by atoms with Gasteiger partial charge in [-0.15, -0.1) is 0 Å². The highest BCUT2D eigenvalue weighted by Gasteiger charge is 2.10. The number of aromatic amines is 1. The van der Waals surface area contributed by atoms with Crippen molar-refractivity contribution in [2.24, 2.45) is 0 Å². The Morgan fingerprint density at radius 1 is 0.938 bits per heavy atom. The van der Waals surface area contributed by atoms with Gasteiger partial charge in [0.1, 0.15) is 5.52 Å². The van der Waals surface area contributed by atoms with Gasteiger partial charge in [-0.3, -0.25) is 0 Å². The van der Waals surface area contributed by atoms with Gasteiger partial charge in [0.2, 0.25) is 0 Å². The van der Waals surface area contributed by atoms with Crippen LogP contribution in [0.1, 0.15) is 0 Å². The molecule has 0 fully saturated rings. The summed E-state index contributed by atoms with van der Waals surface area (Å²) in [6, 6.07) is 12.3. The maximum Gasteiger partial charge on any atom is 0.104 e. The molecule has 0 radical (unpaired) electrons. The quantitative estimate of drug-likeness (QED) is 0.498. The number of benzene rings is 2. The van der Waals surface area contributed by atoms with Crippen molar-refractivity contribution in [3.8, 4) is 0 Å². The minimum atomic E-state index is 1.01. The van der Waals surface area contributed by atoms with E-state index in [1.807, 2.05) is 30.3 Å². The van der Waals surface area contributed by atoms with Gasteiger partial charge in [0, 0.05) is 10.8 Å². The number of nitrogens with one attached hydrogen (secondary N) is 1. The van der Waals surface area contributed by atoms with E-state index in [0.29, 0.717) is 0 Å². The van der Waals surface area contributed by atoms with Crippen LogP contribution in [0.5, 0.6) is 0 Å². The molecule has 4 heteroatoms. The molecule has 0 aliphatic heterocycles. The predicted octanol–water partition coefficient (Wildman–Crippen LogP) is 3.33. The summed E-state index contributed by atoms with van der Waals surface area (Å²) in [6.07, 6.45) is 0. The Kier molecular flexibility index (Phi) is 1.44. The Morgan fingerprint density at radius 3 is 2.81 bits per heavy atom. The highest BCUT2D eigenvalue weighted by Crippen LogP contribution is 2.32. The van der Waals surface area contributed by atoms with Crippen LogP contribution >= 0.6 is 11.5 Å². The molecule has 0 saturated carbocycles. The van der Waals surface area contributed by atoms with Gasteiger partial charge in [0.05, 0.1) is 15.7 Å². The zero-order valence-corrected chi connectivity index (χ0v) is 9.08. The van der Waals surface area contributed by atoms with Crippen LogP contribution in [0.3, 0.4) is 0 Å². The summed E-state index contributed by atoms with van der Waals surface area (Å²) in [5.41, 5.74) is 3.11. The Labute approximate surface area is 94.9 Å². The molecule has 0 unspecified atom stereocenters. The summed E-state index contributed by atoms with van der Waals surface area (Å²) in [4.78, 5) is 4.61. The van der Waals surface area contributed by atoms with Gasteiger partial charge in [-0.2, -0.15) is 5.10 Å². The SMILES string of the molecule is c1ccc2c(c1)nc1ccc3n[nH]sc3c12. The number of hydrogen-bond acceptors (Lipinski definition) is 3. The van der Waals surface area contributed by atoms with Crippen LogP contribution in [-0.4, -0.2) is 14.6 Å². The number of H-pyrrole nitrogens is 1. The van der Waals surface area contributed by atoms with Gasteiger partial charge in [0.25, 0.3) is 0 Å². The molecule has 2 heterocycles. The van der Waals surface area contributed by atoms with Gasteiger partial charge in [0.15, 0.2) is 0 Å². The number of fused-ring (bicyclic) bond motifs is 5. The standard InChI is InChI=1S/C12H7N3S/c1-2-4-8-7(3-1)11-9(13-8)5-6-10-12(11)16-15-14-10/h1-6,15H. The first-order chi connectivity index (χ1) is 7.93. The van der Waals surface area contributed by atoms with Crippen LogP contribution in [-0.2, 0) is 0 Å². The molecule has 2 aromatic heterocycles. The smallest absolute Gasteiger partial charge is 0.104 e. The molecule has 0 amide bonds. The summed E-state index contributed by atoms with van der Waals surface area (Å²) in [5.74, 6) is 0. The van der Waals surface area contributed by atoms with Crippen molar-refractivity contribution in [1.82, 2.24) is 14.6 Å². The second kappa shape index (κ2) is 2.80. The lowest BCUT2D eigenvalue weighted by molar-refractivity contribution is 1.20. The van der Waals surface area contributed by atoms with Crippen LogP contribution in [0.15, 0.2) is 36.4 Å². The van der Waals surface area contributed by atoms with E-state index in [-0.39, 0.29) is 0 Å². The zero-order valence-electron chi connectivity index (χ0n) is 8.27. The molecule has 0 aliphatic carbocycles. The number of nitrogens with zero attached hydrogens (tertiary/aromatic N) is 2. The van der Waals surface area contributed by atoms with Crippen molar-refractivity contribution < 1.29 is 0 Å². The Hall–Kier alpha value is -1.94. The molecule has 3 nitrogen and oxygen atoms in total. The Balaban J connectivity index is 2.42. The molecule has 0 atom stereocenters. The van der Waals surface area contributed by atoms with Crippen LogP contribution < -0.4 is 0 Å². The lowest BCUT2D eigenvalue weighted by atomic mass is 10.1. The van der Waals surface area contributed by atoms with Crippen molar-refractivity contribution in [3.05, 3.63) is 36.4 Å². The monoisotopic (exact) mass is 225 g/mol. The van der Waals surface area contributed by atoms with E-state index in [1.165, 1.54) is 15.5 Å². The van der Waals surface area contributed by atoms with E-state index in [0.717, 1.165) is 16.6 Å². The first kappa shape index (κ1) is 8.24. The zero-order chi connectivity index (χ0) is 10.5. The van der Waals surface area contributed by atoms with Crippen LogP contribution in [0.2, 0.25) is 0 Å². The minimum absolute atomic E-state index is 1.01. The van der Waals surface area contributed by atoms with Crippen LogP contribution in [0, 0.1) is 0 Å². The summed E-state index contributed by atoms with van der Waals surface area (Å²) in [7, 11) is 0. The fourth-order valence-corrected chi connectivity index (χ4v) is 2.91. The molecular weight excluding hydrogens is 218 g/mol. The van der Waals surface area contributed by atoms with Crippen molar-refractivity contribution in [2.45, 2.75) is 0 Å². The molecule has 4 aromatic rings. The normalized spacial score (nSPS) is 11.8. The lowest BCUT2D eigenvalue weighted by Gasteiger charge is -1.90. The molecule has 0 spiro atoms. The van der Waals surface area contributed by atoms with Gasteiger partial charge in [-0.05, 0) is 29.7 Å². The van der Waals surface area contributed by atoms with Crippen LogP contribution in [0.4, 0.5) is 0 Å². The molecule has 16 heavy (non-hydrogen) atoms. The van der Waals surface area contributed by atoms with Gasteiger partial charge in [-0.1, -0.05) is 18.2 Å². The summed E-state index contributed by atoms with van der Waals surface area (Å²) in [5, 5.41) is 6.64. The number of rotatable bonds is 0. The summed E-state index contributed by atoms with van der Waals surface area (Å²) in [6.45, 7) is 0. The van der Waals surface area contributed by atoms with E-state index in [1.54, 1.807) is 11.5 Å². The molecule has 0 aliphatic rings. The number of hydrogen-bond donors (Lipinski definition) is 1. The first-order valence-electron chi connectivity index (χ1n) is 5.04. The number of aromatic nitrogens is 3. The van der Waals surface area contributed by atoms with Gasteiger partial charge in [-0.25, -0.2) is 9.47 Å². The maximum atomic E-state index is 4.61. The topological polar surface area (TPSA) is 41.6 Å². The van der Waals surface area contributed by atoms with Crippen molar-refractivity contribution in [1.29, 1.82) is 0 Å².